The monoisotopic (exact) mass is 458 g/mol. The summed E-state index contributed by atoms with van der Waals surface area (Å²) in [5.41, 5.74) is 2.26. The molecule has 0 aliphatic carbocycles. The zero-order valence-electron chi connectivity index (χ0n) is 13.6. The fraction of sp³-hybridized carbons (Fsp3) is 0.278. The van der Waals surface area contributed by atoms with E-state index in [1.165, 1.54) is 0 Å². The van der Waals surface area contributed by atoms with Crippen molar-refractivity contribution in [1.29, 1.82) is 0 Å². The van der Waals surface area contributed by atoms with E-state index in [0.29, 0.717) is 17.3 Å². The van der Waals surface area contributed by atoms with Gasteiger partial charge in [0.15, 0.2) is 11.0 Å². The van der Waals surface area contributed by atoms with Gasteiger partial charge in [-0.2, -0.15) is 0 Å². The number of aliphatic hydroxyl groups excluding tert-OH is 1. The molecule has 1 aromatic heterocycles. The lowest BCUT2D eigenvalue weighted by molar-refractivity contribution is -0.652. The average Bonchev–Trinajstić information content (AvgIpc) is 2.80. The second-order valence-corrected chi connectivity index (χ2v) is 6.06. The van der Waals surface area contributed by atoms with E-state index in [1.807, 2.05) is 26.1 Å². The van der Waals surface area contributed by atoms with Gasteiger partial charge >= 0.3 is 0 Å². The molecule has 128 valence electrons. The Morgan fingerprint density at radius 3 is 2.54 bits per heavy atom. The number of nitrogens with zero attached hydrogens (tertiary/aromatic N) is 2. The average molecular weight is 459 g/mol. The number of aliphatic hydroxyl groups is 1. The molecule has 0 spiro atoms. The zero-order chi connectivity index (χ0) is 16.4. The molecular formula is C18H20ClIN2O2. The van der Waals surface area contributed by atoms with Gasteiger partial charge in [0.05, 0.1) is 7.05 Å². The number of aromatic nitrogens is 2. The number of imidazole rings is 1. The van der Waals surface area contributed by atoms with Crippen LogP contribution in [-0.4, -0.2) is 22.4 Å². The van der Waals surface area contributed by atoms with Crippen molar-refractivity contribution in [3.05, 3.63) is 59.4 Å². The van der Waals surface area contributed by atoms with Crippen LogP contribution in [-0.2, 0) is 13.6 Å². The van der Waals surface area contributed by atoms with Gasteiger partial charge in [0.1, 0.15) is 25.0 Å². The molecule has 0 bridgehead atoms. The number of hydrogen-bond donors (Lipinski definition) is 1. The predicted octanol–water partition coefficient (Wildman–Crippen LogP) is -0.128. The van der Waals surface area contributed by atoms with Crippen molar-refractivity contribution in [3.8, 4) is 5.75 Å². The van der Waals surface area contributed by atoms with E-state index in [-0.39, 0.29) is 30.6 Å². The number of benzene rings is 2. The van der Waals surface area contributed by atoms with Crippen LogP contribution in [0.15, 0.2) is 48.5 Å². The standard InChI is InChI=1S/C18H20ClN2O2.HI/c1-13-20(2)17-5-3-4-6-18(17)21(13)11-15(22)12-23-16-9-7-14(19)8-10-16;/h3-10,15,22H,11-12H2,1-2H3;1H/q+1;/p-1. The minimum Gasteiger partial charge on any atom is -1.00 e. The molecule has 0 amide bonds. The summed E-state index contributed by atoms with van der Waals surface area (Å²) in [5.74, 6) is 1.80. The summed E-state index contributed by atoms with van der Waals surface area (Å²) in [7, 11) is 2.03. The normalized spacial score (nSPS) is 12.0. The van der Waals surface area contributed by atoms with Crippen LogP contribution in [0.3, 0.4) is 0 Å². The number of fused-ring (bicyclic) bond motifs is 1. The largest absolute Gasteiger partial charge is 1.00 e. The first-order valence-corrected chi connectivity index (χ1v) is 7.94. The lowest BCUT2D eigenvalue weighted by Gasteiger charge is -2.11. The molecule has 0 aliphatic rings. The fourth-order valence-electron chi connectivity index (χ4n) is 2.72. The Morgan fingerprint density at radius 2 is 1.83 bits per heavy atom. The Balaban J connectivity index is 0.00000208. The third kappa shape index (κ3) is 4.02. The van der Waals surface area contributed by atoms with Crippen LogP contribution >= 0.6 is 11.6 Å². The second-order valence-electron chi connectivity index (χ2n) is 5.62. The molecule has 0 aliphatic heterocycles. The summed E-state index contributed by atoms with van der Waals surface area (Å²) in [5, 5.41) is 11.0. The highest BCUT2D eigenvalue weighted by Crippen LogP contribution is 2.17. The molecule has 3 rings (SSSR count). The molecule has 0 saturated carbocycles. The molecule has 24 heavy (non-hydrogen) atoms. The summed E-state index contributed by atoms with van der Waals surface area (Å²) in [6.07, 6.45) is -0.597. The molecule has 4 nitrogen and oxygen atoms in total. The van der Waals surface area contributed by atoms with E-state index in [1.54, 1.807) is 24.3 Å². The second kappa shape index (κ2) is 8.18. The van der Waals surface area contributed by atoms with Crippen molar-refractivity contribution >= 4 is 22.6 Å². The van der Waals surface area contributed by atoms with Crippen molar-refractivity contribution in [3.63, 3.8) is 0 Å². The highest BCUT2D eigenvalue weighted by Gasteiger charge is 2.21. The van der Waals surface area contributed by atoms with E-state index in [4.69, 9.17) is 16.3 Å². The Bertz CT molecular complexity index is 818. The van der Waals surface area contributed by atoms with Gasteiger partial charge in [-0.15, -0.1) is 0 Å². The molecule has 3 aromatic rings. The summed E-state index contributed by atoms with van der Waals surface area (Å²) in [6, 6.07) is 15.3. The van der Waals surface area contributed by atoms with Crippen molar-refractivity contribution in [2.45, 2.75) is 19.6 Å². The minimum atomic E-state index is -0.597. The van der Waals surface area contributed by atoms with Crippen molar-refractivity contribution < 1.29 is 38.4 Å². The topological polar surface area (TPSA) is 38.3 Å². The Labute approximate surface area is 163 Å². The smallest absolute Gasteiger partial charge is 0.254 e. The molecule has 1 heterocycles. The van der Waals surface area contributed by atoms with Crippen LogP contribution in [0.5, 0.6) is 5.75 Å². The van der Waals surface area contributed by atoms with Gasteiger partial charge in [-0.25, -0.2) is 9.13 Å². The fourth-order valence-corrected chi connectivity index (χ4v) is 2.85. The minimum absolute atomic E-state index is 0. The molecule has 2 aromatic carbocycles. The third-order valence-electron chi connectivity index (χ3n) is 4.06. The molecule has 1 unspecified atom stereocenters. The van der Waals surface area contributed by atoms with E-state index in [9.17, 15) is 5.11 Å². The maximum atomic E-state index is 10.3. The van der Waals surface area contributed by atoms with Crippen molar-refractivity contribution in [2.24, 2.45) is 7.05 Å². The van der Waals surface area contributed by atoms with Gasteiger partial charge in [-0.3, -0.25) is 0 Å². The van der Waals surface area contributed by atoms with Crippen LogP contribution in [0.2, 0.25) is 5.02 Å². The van der Waals surface area contributed by atoms with E-state index in [2.05, 4.69) is 21.3 Å². The van der Waals surface area contributed by atoms with E-state index < -0.39 is 6.10 Å². The Hall–Kier alpha value is -1.31. The first-order valence-electron chi connectivity index (χ1n) is 7.56. The van der Waals surface area contributed by atoms with Crippen molar-refractivity contribution in [1.82, 2.24) is 4.57 Å². The number of para-hydroxylation sites is 2. The van der Waals surface area contributed by atoms with Gasteiger partial charge in [0, 0.05) is 11.9 Å². The zero-order valence-corrected chi connectivity index (χ0v) is 16.5. The summed E-state index contributed by atoms with van der Waals surface area (Å²) < 4.78 is 9.87. The van der Waals surface area contributed by atoms with Crippen LogP contribution in [0.25, 0.3) is 11.0 Å². The lowest BCUT2D eigenvalue weighted by Crippen LogP contribution is -3.00. The number of aryl methyl sites for hydroxylation is 1. The van der Waals surface area contributed by atoms with E-state index >= 15 is 0 Å². The number of rotatable bonds is 5. The third-order valence-corrected chi connectivity index (χ3v) is 4.31. The van der Waals surface area contributed by atoms with Crippen LogP contribution < -0.4 is 33.3 Å². The summed E-state index contributed by atoms with van der Waals surface area (Å²) >= 11 is 5.85. The summed E-state index contributed by atoms with van der Waals surface area (Å²) in [6.45, 7) is 2.77. The van der Waals surface area contributed by atoms with Crippen LogP contribution in [0, 0.1) is 6.92 Å². The number of ether oxygens (including phenoxy) is 1. The van der Waals surface area contributed by atoms with Gasteiger partial charge in [0.25, 0.3) is 5.82 Å². The van der Waals surface area contributed by atoms with Gasteiger partial charge in [-0.1, -0.05) is 23.7 Å². The van der Waals surface area contributed by atoms with Gasteiger partial charge in [-0.05, 0) is 36.4 Å². The molecular weight excluding hydrogens is 439 g/mol. The number of hydrogen-bond acceptors (Lipinski definition) is 2. The molecule has 0 saturated heterocycles. The molecule has 0 fully saturated rings. The van der Waals surface area contributed by atoms with Crippen molar-refractivity contribution in [2.75, 3.05) is 6.61 Å². The van der Waals surface area contributed by atoms with Crippen LogP contribution in [0.4, 0.5) is 0 Å². The Kier molecular flexibility index (Phi) is 6.48. The highest BCUT2D eigenvalue weighted by molar-refractivity contribution is 6.30. The van der Waals surface area contributed by atoms with Crippen LogP contribution in [0.1, 0.15) is 5.82 Å². The summed E-state index contributed by atoms with van der Waals surface area (Å²) in [4.78, 5) is 0. The van der Waals surface area contributed by atoms with Gasteiger partial charge in [0.2, 0.25) is 0 Å². The highest BCUT2D eigenvalue weighted by atomic mass is 127. The first kappa shape index (κ1) is 19.0. The predicted molar refractivity (Wildman–Crippen MR) is 90.8 cm³/mol. The van der Waals surface area contributed by atoms with E-state index in [0.717, 1.165) is 16.9 Å². The SMILES string of the molecule is Cc1n(CC(O)COc2ccc(Cl)cc2)c2ccccc2[n+]1C.[I-]. The quantitative estimate of drug-likeness (QED) is 0.427. The first-order chi connectivity index (χ1) is 11.1. The molecule has 1 atom stereocenters. The maximum Gasteiger partial charge on any atom is 0.254 e. The van der Waals surface area contributed by atoms with Gasteiger partial charge < -0.3 is 33.8 Å². The molecule has 0 radical (unpaired) electrons. The molecule has 6 heteroatoms. The lowest BCUT2D eigenvalue weighted by atomic mass is 10.3. The Morgan fingerprint density at radius 1 is 1.17 bits per heavy atom. The maximum absolute atomic E-state index is 10.3. The number of halogens is 2. The molecule has 1 N–H and O–H groups in total.